The zero-order chi connectivity index (χ0) is 17.3. The first-order valence-corrected chi connectivity index (χ1v) is 9.47. The molecule has 0 aliphatic carbocycles. The summed E-state index contributed by atoms with van der Waals surface area (Å²) in [6, 6.07) is 16.9. The number of hydrogen-bond acceptors (Lipinski definition) is 3. The van der Waals surface area contributed by atoms with Crippen molar-refractivity contribution in [2.45, 2.75) is 6.92 Å². The van der Waals surface area contributed by atoms with Gasteiger partial charge >= 0.3 is 7.82 Å². The first kappa shape index (κ1) is 16.8. The monoisotopic (exact) mass is 362 g/mol. The second-order valence-corrected chi connectivity index (χ2v) is 7.08. The molecule has 2 heterocycles. The Hall–Kier alpha value is -2.02. The number of phosphoric acid groups is 1. The smallest absolute Gasteiger partial charge is 0.303 e. The summed E-state index contributed by atoms with van der Waals surface area (Å²) in [5.41, 5.74) is 5.97. The van der Waals surface area contributed by atoms with Crippen molar-refractivity contribution in [2.24, 2.45) is 0 Å². The lowest BCUT2D eigenvalue weighted by Gasteiger charge is -2.01. The van der Waals surface area contributed by atoms with Crippen LogP contribution in [0, 0.1) is 6.92 Å². The van der Waals surface area contributed by atoms with E-state index >= 15 is 0 Å². The average Bonchev–Trinajstić information content (AvgIpc) is 3.05. The first-order valence-electron chi connectivity index (χ1n) is 7.03. The summed E-state index contributed by atoms with van der Waals surface area (Å²) >= 11 is 1.69. The molecule has 124 valence electrons. The number of aryl methyl sites for hydroxylation is 1. The predicted molar refractivity (Wildman–Crippen MR) is 95.0 cm³/mol. The van der Waals surface area contributed by atoms with Gasteiger partial charge in [0.05, 0.1) is 16.7 Å². The highest BCUT2D eigenvalue weighted by Gasteiger charge is 2.11. The molecule has 0 aliphatic rings. The largest absolute Gasteiger partial charge is 0.466 e. The molecule has 0 atom stereocenters. The van der Waals surface area contributed by atoms with Gasteiger partial charge < -0.3 is 14.7 Å². The fourth-order valence-electron chi connectivity index (χ4n) is 2.40. The van der Waals surface area contributed by atoms with Gasteiger partial charge in [-0.1, -0.05) is 42.0 Å². The van der Waals surface area contributed by atoms with E-state index in [0.717, 1.165) is 10.5 Å². The number of benzene rings is 2. The summed E-state index contributed by atoms with van der Waals surface area (Å²) in [5.74, 6) is 0. The Bertz CT molecular complexity index is 1030. The maximum Gasteiger partial charge on any atom is 0.466 e. The van der Waals surface area contributed by atoms with Crippen molar-refractivity contribution in [1.29, 1.82) is 0 Å². The molecule has 0 saturated heterocycles. The third-order valence-corrected chi connectivity index (χ3v) is 4.22. The number of hydrogen-bond donors (Lipinski definition) is 3. The Kier molecular flexibility index (Phi) is 4.54. The molecule has 2 aromatic carbocycles. The number of para-hydroxylation sites is 2. The number of fused-ring (bicyclic) bond motifs is 3. The predicted octanol–water partition coefficient (Wildman–Crippen LogP) is 3.60. The van der Waals surface area contributed by atoms with Crippen molar-refractivity contribution in [1.82, 2.24) is 9.38 Å². The highest BCUT2D eigenvalue weighted by molar-refractivity contribution is 7.45. The quantitative estimate of drug-likeness (QED) is 0.450. The van der Waals surface area contributed by atoms with Gasteiger partial charge in [0.15, 0.2) is 4.96 Å². The van der Waals surface area contributed by atoms with Gasteiger partial charge in [0, 0.05) is 5.38 Å². The lowest BCUT2D eigenvalue weighted by molar-refractivity contribution is 0.275. The van der Waals surface area contributed by atoms with Crippen LogP contribution in [0.2, 0.25) is 0 Å². The van der Waals surface area contributed by atoms with Gasteiger partial charge in [0.1, 0.15) is 0 Å². The highest BCUT2D eigenvalue weighted by atomic mass is 32.1. The van der Waals surface area contributed by atoms with Crippen LogP contribution in [0.4, 0.5) is 0 Å². The Balaban J connectivity index is 0.000000300. The summed E-state index contributed by atoms with van der Waals surface area (Å²) in [7, 11) is -4.64. The van der Waals surface area contributed by atoms with Gasteiger partial charge in [-0.15, -0.1) is 11.3 Å². The third-order valence-electron chi connectivity index (χ3n) is 3.39. The van der Waals surface area contributed by atoms with Crippen molar-refractivity contribution in [3.8, 4) is 11.3 Å². The molecule has 0 aliphatic heterocycles. The second kappa shape index (κ2) is 6.47. The summed E-state index contributed by atoms with van der Waals surface area (Å²) in [6.07, 6.45) is 0. The van der Waals surface area contributed by atoms with E-state index in [1.54, 1.807) is 11.3 Å². The van der Waals surface area contributed by atoms with Crippen LogP contribution < -0.4 is 0 Å². The molecule has 0 fully saturated rings. The molecule has 4 aromatic rings. The SMILES string of the molecule is Cc1ccc(-c2csc3nc4ccccc4n23)cc1.O=P(O)(O)O. The minimum absolute atomic E-state index is 1.05. The average molecular weight is 362 g/mol. The normalized spacial score (nSPS) is 11.5. The lowest BCUT2D eigenvalue weighted by Crippen LogP contribution is -1.85. The highest BCUT2D eigenvalue weighted by Crippen LogP contribution is 2.30. The van der Waals surface area contributed by atoms with Crippen molar-refractivity contribution >= 4 is 35.2 Å². The molecule has 0 spiro atoms. The Labute approximate surface area is 141 Å². The van der Waals surface area contributed by atoms with E-state index in [2.05, 4.69) is 64.2 Å². The number of aromatic nitrogens is 2. The Morgan fingerprint density at radius 1 is 1.04 bits per heavy atom. The van der Waals surface area contributed by atoms with E-state index in [1.165, 1.54) is 22.3 Å². The van der Waals surface area contributed by atoms with Crippen LogP contribution in [0.5, 0.6) is 0 Å². The number of nitrogens with zero attached hydrogens (tertiary/aromatic N) is 2. The second-order valence-electron chi connectivity index (χ2n) is 5.22. The maximum absolute atomic E-state index is 8.88. The van der Waals surface area contributed by atoms with E-state index in [1.807, 2.05) is 6.07 Å². The Morgan fingerprint density at radius 3 is 2.33 bits per heavy atom. The zero-order valence-electron chi connectivity index (χ0n) is 12.7. The summed E-state index contributed by atoms with van der Waals surface area (Å²) in [5, 5.41) is 2.18. The van der Waals surface area contributed by atoms with Crippen molar-refractivity contribution < 1.29 is 19.2 Å². The number of rotatable bonds is 1. The molecule has 0 bridgehead atoms. The maximum atomic E-state index is 8.88. The fraction of sp³-hybridized carbons (Fsp3) is 0.0625. The van der Waals surface area contributed by atoms with Gasteiger partial charge in [-0.3, -0.25) is 4.40 Å². The standard InChI is InChI=1S/C16H12N2S.H3O4P/c1-11-6-8-12(9-7-11)15-10-19-16-17-13-4-2-3-5-14(13)18(15)16;1-5(2,3)4/h2-10H,1H3;(H3,1,2,3,4). The van der Waals surface area contributed by atoms with Crippen LogP contribution in [0.1, 0.15) is 5.56 Å². The molecule has 2 aromatic heterocycles. The van der Waals surface area contributed by atoms with Gasteiger partial charge in [-0.05, 0) is 24.6 Å². The lowest BCUT2D eigenvalue weighted by atomic mass is 10.1. The van der Waals surface area contributed by atoms with E-state index in [-0.39, 0.29) is 0 Å². The summed E-state index contributed by atoms with van der Waals surface area (Å²) < 4.78 is 11.1. The summed E-state index contributed by atoms with van der Waals surface area (Å²) in [6.45, 7) is 2.11. The molecular weight excluding hydrogens is 347 g/mol. The molecule has 8 heteroatoms. The third kappa shape index (κ3) is 3.72. The van der Waals surface area contributed by atoms with Crippen LogP contribution in [0.25, 0.3) is 27.3 Å². The molecule has 4 rings (SSSR count). The van der Waals surface area contributed by atoms with Gasteiger partial charge in [-0.2, -0.15) is 0 Å². The van der Waals surface area contributed by atoms with Gasteiger partial charge in [-0.25, -0.2) is 9.55 Å². The van der Waals surface area contributed by atoms with Gasteiger partial charge in [0.25, 0.3) is 0 Å². The van der Waals surface area contributed by atoms with Crippen LogP contribution in [-0.2, 0) is 4.57 Å². The van der Waals surface area contributed by atoms with Gasteiger partial charge in [0.2, 0.25) is 0 Å². The topological polar surface area (TPSA) is 95.1 Å². The molecule has 0 saturated carbocycles. The van der Waals surface area contributed by atoms with Crippen molar-refractivity contribution in [2.75, 3.05) is 0 Å². The van der Waals surface area contributed by atoms with Crippen LogP contribution in [0.3, 0.4) is 0 Å². The Morgan fingerprint density at radius 2 is 1.67 bits per heavy atom. The van der Waals surface area contributed by atoms with E-state index < -0.39 is 7.82 Å². The molecule has 0 unspecified atom stereocenters. The molecule has 6 nitrogen and oxygen atoms in total. The molecule has 0 radical (unpaired) electrons. The fourth-order valence-corrected chi connectivity index (χ4v) is 3.31. The van der Waals surface area contributed by atoms with E-state index in [9.17, 15) is 0 Å². The first-order chi connectivity index (χ1) is 11.3. The summed E-state index contributed by atoms with van der Waals surface area (Å²) in [4.78, 5) is 27.3. The molecular formula is C16H15N2O4PS. The van der Waals surface area contributed by atoms with E-state index in [0.29, 0.717) is 0 Å². The van der Waals surface area contributed by atoms with E-state index in [4.69, 9.17) is 19.2 Å². The number of imidazole rings is 1. The van der Waals surface area contributed by atoms with Crippen LogP contribution >= 0.6 is 19.2 Å². The number of thiazole rings is 1. The zero-order valence-corrected chi connectivity index (χ0v) is 14.4. The van der Waals surface area contributed by atoms with Crippen LogP contribution in [-0.4, -0.2) is 24.1 Å². The minimum atomic E-state index is -4.64. The molecule has 24 heavy (non-hydrogen) atoms. The van der Waals surface area contributed by atoms with Crippen molar-refractivity contribution in [3.05, 3.63) is 59.5 Å². The van der Waals surface area contributed by atoms with Crippen LogP contribution in [0.15, 0.2) is 53.9 Å². The minimum Gasteiger partial charge on any atom is -0.303 e. The molecule has 0 amide bonds. The molecule has 3 N–H and O–H groups in total. The van der Waals surface area contributed by atoms with Crippen molar-refractivity contribution in [3.63, 3.8) is 0 Å².